The Bertz CT molecular complexity index is 1190. The van der Waals surface area contributed by atoms with E-state index in [2.05, 4.69) is 10.3 Å². The second-order valence-electron chi connectivity index (χ2n) is 7.98. The molecule has 0 bridgehead atoms. The van der Waals surface area contributed by atoms with Gasteiger partial charge in [-0.2, -0.15) is 0 Å². The van der Waals surface area contributed by atoms with Crippen LogP contribution in [0.3, 0.4) is 0 Å². The molecule has 38 heavy (non-hydrogen) atoms. The number of thioether (sulfide) groups is 1. The minimum atomic E-state index is -1.17. The molecule has 0 N–H and O–H groups in total. The molecule has 0 aliphatic carbocycles. The third-order valence-corrected chi connectivity index (χ3v) is 6.99. The van der Waals surface area contributed by atoms with Gasteiger partial charge in [-0.25, -0.2) is 9.48 Å². The van der Waals surface area contributed by atoms with Crippen molar-refractivity contribution in [2.45, 2.75) is 62.4 Å². The topological polar surface area (TPSA) is 145 Å². The number of aromatic nitrogens is 3. The van der Waals surface area contributed by atoms with Crippen LogP contribution in [0.5, 0.6) is 0 Å². The molecule has 206 valence electrons. The summed E-state index contributed by atoms with van der Waals surface area (Å²) in [7, 11) is 0. The largest absolute Gasteiger partial charge is 0.463 e. The van der Waals surface area contributed by atoms with Crippen molar-refractivity contribution in [2.75, 3.05) is 13.2 Å². The van der Waals surface area contributed by atoms with E-state index < -0.39 is 53.7 Å². The lowest BCUT2D eigenvalue weighted by Gasteiger charge is -2.44. The first kappa shape index (κ1) is 29.7. The van der Waals surface area contributed by atoms with Crippen molar-refractivity contribution in [3.05, 3.63) is 40.1 Å². The fraction of sp³-hybridized carbons (Fsp3) is 0.478. The van der Waals surface area contributed by atoms with Crippen molar-refractivity contribution in [3.8, 4) is 0 Å². The van der Waals surface area contributed by atoms with Gasteiger partial charge >= 0.3 is 23.9 Å². The number of hydrogen-bond donors (Lipinski definition) is 0. The van der Waals surface area contributed by atoms with Crippen LogP contribution in [0.2, 0.25) is 10.0 Å². The number of carbonyl (C=O) groups is 4. The van der Waals surface area contributed by atoms with E-state index in [-0.39, 0.29) is 23.9 Å². The molecule has 1 aromatic heterocycles. The summed E-state index contributed by atoms with van der Waals surface area (Å²) in [6.45, 7) is 5.06. The molecule has 1 saturated heterocycles. The zero-order chi connectivity index (χ0) is 28.0. The predicted octanol–water partition coefficient (Wildman–Crippen LogP) is 3.25. The first-order valence-corrected chi connectivity index (χ1v) is 13.0. The summed E-state index contributed by atoms with van der Waals surface area (Å²) in [5.74, 6) is -2.65. The molecule has 2 unspecified atom stereocenters. The lowest BCUT2D eigenvalue weighted by molar-refractivity contribution is -0.212. The van der Waals surface area contributed by atoms with E-state index in [1.807, 2.05) is 0 Å². The van der Waals surface area contributed by atoms with Crippen LogP contribution in [0.4, 0.5) is 0 Å². The Morgan fingerprint density at radius 1 is 1.00 bits per heavy atom. The number of carbonyl (C=O) groups excluding carboxylic acids is 4. The molecule has 1 fully saturated rings. The van der Waals surface area contributed by atoms with Gasteiger partial charge in [0.15, 0.2) is 17.9 Å². The predicted molar refractivity (Wildman–Crippen MR) is 134 cm³/mol. The Kier molecular flexibility index (Phi) is 10.4. The third-order valence-electron chi connectivity index (χ3n) is 5.12. The standard InChI is InChI=1S/C23H25Cl2N3O9S/c1-5-33-22(32)17-9-28(27-26-17)19-20(35-12(3)30)18(10-34-11(2)29)37-23(21(19)36-13(4)31)38-14-6-7-15(24)16(25)8-14/h6-9,18-21,23H,5,10H2,1-4H3/t18?,19?,20-,21-,23+/m0/s1. The molecule has 5 atom stereocenters. The average molecular weight is 590 g/mol. The maximum Gasteiger partial charge on any atom is 0.360 e. The number of hydrogen-bond acceptors (Lipinski definition) is 12. The summed E-state index contributed by atoms with van der Waals surface area (Å²) >= 11 is 13.4. The lowest BCUT2D eigenvalue weighted by atomic mass is 9.96. The number of esters is 4. The second kappa shape index (κ2) is 13.3. The van der Waals surface area contributed by atoms with Crippen molar-refractivity contribution in [2.24, 2.45) is 0 Å². The molecule has 0 radical (unpaired) electrons. The minimum absolute atomic E-state index is 0.113. The van der Waals surface area contributed by atoms with Gasteiger partial charge in [0, 0.05) is 25.7 Å². The monoisotopic (exact) mass is 589 g/mol. The van der Waals surface area contributed by atoms with E-state index in [1.54, 1.807) is 25.1 Å². The van der Waals surface area contributed by atoms with Crippen molar-refractivity contribution in [1.82, 2.24) is 15.0 Å². The fourth-order valence-corrected chi connectivity index (χ4v) is 5.20. The summed E-state index contributed by atoms with van der Waals surface area (Å²) < 4.78 is 28.8. The smallest absolute Gasteiger partial charge is 0.360 e. The van der Waals surface area contributed by atoms with E-state index in [4.69, 9.17) is 46.9 Å². The first-order chi connectivity index (χ1) is 18.0. The number of nitrogens with zero attached hydrogens (tertiary/aromatic N) is 3. The van der Waals surface area contributed by atoms with Gasteiger partial charge < -0.3 is 23.7 Å². The molecule has 0 spiro atoms. The normalized spacial score (nSPS) is 22.8. The summed E-state index contributed by atoms with van der Waals surface area (Å²) in [4.78, 5) is 48.7. The zero-order valence-electron chi connectivity index (χ0n) is 20.8. The quantitative estimate of drug-likeness (QED) is 0.312. The van der Waals surface area contributed by atoms with Gasteiger partial charge in [0.25, 0.3) is 0 Å². The molecule has 1 aromatic carbocycles. The minimum Gasteiger partial charge on any atom is -0.463 e. The SMILES string of the molecule is CCOC(=O)c1cn(C2[C@@H](OC(C)=O)C(COC(C)=O)O[C@H](Sc3ccc(Cl)c(Cl)c3)[C@H]2OC(C)=O)nn1. The number of rotatable bonds is 9. The Balaban J connectivity index is 2.10. The highest BCUT2D eigenvalue weighted by Gasteiger charge is 2.52. The highest BCUT2D eigenvalue weighted by Crippen LogP contribution is 2.42. The van der Waals surface area contributed by atoms with Crippen LogP contribution < -0.4 is 0 Å². The summed E-state index contributed by atoms with van der Waals surface area (Å²) in [6.07, 6.45) is -2.03. The van der Waals surface area contributed by atoms with Gasteiger partial charge in [-0.1, -0.05) is 40.2 Å². The molecular weight excluding hydrogens is 565 g/mol. The Morgan fingerprint density at radius 2 is 1.68 bits per heavy atom. The number of halogens is 2. The Labute approximate surface area is 232 Å². The summed E-state index contributed by atoms with van der Waals surface area (Å²) in [5, 5.41) is 8.52. The molecule has 12 nitrogen and oxygen atoms in total. The van der Waals surface area contributed by atoms with Crippen molar-refractivity contribution in [3.63, 3.8) is 0 Å². The van der Waals surface area contributed by atoms with Gasteiger partial charge in [0.05, 0.1) is 22.8 Å². The highest BCUT2D eigenvalue weighted by atomic mass is 35.5. The van der Waals surface area contributed by atoms with Crippen molar-refractivity contribution >= 4 is 58.8 Å². The number of ether oxygens (including phenoxy) is 5. The molecule has 3 rings (SSSR count). The molecule has 2 heterocycles. The van der Waals surface area contributed by atoms with Crippen LogP contribution in [-0.4, -0.2) is 75.8 Å². The van der Waals surface area contributed by atoms with Crippen LogP contribution in [0.1, 0.15) is 44.2 Å². The Hall–Kier alpha value is -2.87. The molecule has 1 aliphatic rings. The molecule has 15 heteroatoms. The van der Waals surface area contributed by atoms with Crippen LogP contribution in [0, 0.1) is 0 Å². The van der Waals surface area contributed by atoms with Crippen LogP contribution >= 0.6 is 35.0 Å². The Morgan fingerprint density at radius 3 is 2.29 bits per heavy atom. The molecule has 1 aliphatic heterocycles. The summed E-state index contributed by atoms with van der Waals surface area (Å²) in [5.41, 5.74) is -1.06. The molecule has 0 saturated carbocycles. The van der Waals surface area contributed by atoms with Crippen LogP contribution in [-0.2, 0) is 38.1 Å². The zero-order valence-corrected chi connectivity index (χ0v) is 23.1. The van der Waals surface area contributed by atoms with E-state index in [9.17, 15) is 19.2 Å². The van der Waals surface area contributed by atoms with E-state index in [1.165, 1.54) is 31.6 Å². The lowest BCUT2D eigenvalue weighted by Crippen LogP contribution is -2.57. The van der Waals surface area contributed by atoms with Crippen LogP contribution in [0.25, 0.3) is 0 Å². The van der Waals surface area contributed by atoms with E-state index in [0.717, 1.165) is 11.8 Å². The third kappa shape index (κ3) is 7.59. The van der Waals surface area contributed by atoms with E-state index in [0.29, 0.717) is 9.92 Å². The van der Waals surface area contributed by atoms with Crippen LogP contribution in [0.15, 0.2) is 29.3 Å². The molecule has 2 aromatic rings. The first-order valence-electron chi connectivity index (χ1n) is 11.3. The fourth-order valence-electron chi connectivity index (χ4n) is 3.68. The van der Waals surface area contributed by atoms with E-state index >= 15 is 0 Å². The average Bonchev–Trinajstić information content (AvgIpc) is 3.31. The highest BCUT2D eigenvalue weighted by molar-refractivity contribution is 7.99. The van der Waals surface area contributed by atoms with Gasteiger partial charge in [-0.15, -0.1) is 5.10 Å². The van der Waals surface area contributed by atoms with Gasteiger partial charge in [-0.3, -0.25) is 14.4 Å². The maximum atomic E-state index is 12.2. The van der Waals surface area contributed by atoms with Crippen molar-refractivity contribution in [1.29, 1.82) is 0 Å². The number of benzene rings is 1. The summed E-state index contributed by atoms with van der Waals surface area (Å²) in [6, 6.07) is 3.84. The van der Waals surface area contributed by atoms with Gasteiger partial charge in [-0.05, 0) is 25.1 Å². The molecule has 0 amide bonds. The second-order valence-corrected chi connectivity index (χ2v) is 9.97. The van der Waals surface area contributed by atoms with Gasteiger partial charge in [0.2, 0.25) is 0 Å². The maximum absolute atomic E-state index is 12.2. The van der Waals surface area contributed by atoms with Crippen molar-refractivity contribution < 1.29 is 42.9 Å². The van der Waals surface area contributed by atoms with Gasteiger partial charge in [0.1, 0.15) is 24.2 Å². The molecular formula is C23H25Cl2N3O9S.